The van der Waals surface area contributed by atoms with Gasteiger partial charge in [0.05, 0.1) is 0 Å². The Labute approximate surface area is 188 Å². The van der Waals surface area contributed by atoms with Crippen LogP contribution in [-0.4, -0.2) is 0 Å². The highest BCUT2D eigenvalue weighted by molar-refractivity contribution is 5.72. The summed E-state index contributed by atoms with van der Waals surface area (Å²) < 4.78 is 86.7. The second kappa shape index (κ2) is 9.08. The molecule has 0 aromatic heterocycles. The van der Waals surface area contributed by atoms with Gasteiger partial charge in [-0.1, -0.05) is 49.4 Å². The molecule has 172 valence electrons. The number of allylic oxidation sites excluding steroid dienone is 2. The quantitative estimate of drug-likeness (QED) is 0.343. The van der Waals surface area contributed by atoms with Gasteiger partial charge in [0.25, 0.3) is 0 Å². The molecule has 0 radical (unpaired) electrons. The summed E-state index contributed by atoms with van der Waals surface area (Å²) in [7, 11) is 0. The molecule has 0 nitrogen and oxygen atoms in total. The summed E-state index contributed by atoms with van der Waals surface area (Å²) in [5.74, 6) is -6.71. The Morgan fingerprint density at radius 2 is 1.30 bits per heavy atom. The Kier molecular flexibility index (Phi) is 6.37. The molecule has 3 aromatic carbocycles. The lowest BCUT2D eigenvalue weighted by Gasteiger charge is -2.24. The van der Waals surface area contributed by atoms with E-state index in [1.807, 2.05) is 0 Å². The predicted molar refractivity (Wildman–Crippen MR) is 117 cm³/mol. The molecule has 0 saturated heterocycles. The number of aryl methyl sites for hydroxylation is 2. The van der Waals surface area contributed by atoms with E-state index in [0.717, 1.165) is 0 Å². The molecule has 0 heterocycles. The molecule has 4 rings (SSSR count). The van der Waals surface area contributed by atoms with Gasteiger partial charge < -0.3 is 0 Å². The van der Waals surface area contributed by atoms with Gasteiger partial charge in [-0.05, 0) is 60.8 Å². The molecule has 0 amide bonds. The van der Waals surface area contributed by atoms with Crippen molar-refractivity contribution >= 4 is 5.57 Å². The fraction of sp³-hybridized carbons (Fsp3) is 0.259. The SMILES string of the molecule is CCc1ccc(-c2ccc(C3=CCC(c4ccc(C)c(F)c4F)CC3)c(F)c2F)c(F)c1F. The third-order valence-electron chi connectivity index (χ3n) is 6.42. The molecule has 0 saturated carbocycles. The Hall–Kier alpha value is -3.02. The molecular weight excluding hydrogens is 438 g/mol. The number of rotatable bonds is 4. The predicted octanol–water partition coefficient (Wildman–Crippen LogP) is 8.41. The van der Waals surface area contributed by atoms with Crippen LogP contribution in [0.25, 0.3) is 16.7 Å². The van der Waals surface area contributed by atoms with Crippen molar-refractivity contribution in [1.29, 1.82) is 0 Å². The zero-order chi connectivity index (χ0) is 23.9. The van der Waals surface area contributed by atoms with Crippen LogP contribution in [0.15, 0.2) is 42.5 Å². The maximum absolute atomic E-state index is 14.9. The maximum Gasteiger partial charge on any atom is 0.167 e. The summed E-state index contributed by atoms with van der Waals surface area (Å²) in [6.45, 7) is 3.15. The van der Waals surface area contributed by atoms with Gasteiger partial charge in [0.1, 0.15) is 0 Å². The van der Waals surface area contributed by atoms with E-state index < -0.39 is 34.9 Å². The highest BCUT2D eigenvalue weighted by atomic mass is 19.2. The summed E-state index contributed by atoms with van der Waals surface area (Å²) in [5, 5.41) is 0. The summed E-state index contributed by atoms with van der Waals surface area (Å²) >= 11 is 0. The van der Waals surface area contributed by atoms with Crippen molar-refractivity contribution in [3.8, 4) is 11.1 Å². The lowest BCUT2D eigenvalue weighted by Crippen LogP contribution is -2.09. The average Bonchev–Trinajstić information content (AvgIpc) is 2.82. The van der Waals surface area contributed by atoms with E-state index >= 15 is 0 Å². The minimum absolute atomic E-state index is 0.0244. The highest BCUT2D eigenvalue weighted by Crippen LogP contribution is 2.40. The first-order chi connectivity index (χ1) is 15.7. The first-order valence-corrected chi connectivity index (χ1v) is 10.8. The average molecular weight is 460 g/mol. The smallest absolute Gasteiger partial charge is 0.167 e. The van der Waals surface area contributed by atoms with Crippen LogP contribution in [0.3, 0.4) is 0 Å². The second-order valence-electron chi connectivity index (χ2n) is 8.34. The van der Waals surface area contributed by atoms with Crippen molar-refractivity contribution in [2.75, 3.05) is 0 Å². The van der Waals surface area contributed by atoms with E-state index in [0.29, 0.717) is 24.8 Å². The molecule has 1 aliphatic rings. The Bertz CT molecular complexity index is 1260. The largest absolute Gasteiger partial charge is 0.203 e. The van der Waals surface area contributed by atoms with Crippen LogP contribution < -0.4 is 0 Å². The van der Waals surface area contributed by atoms with Crippen molar-refractivity contribution in [2.45, 2.75) is 45.4 Å². The van der Waals surface area contributed by atoms with Crippen molar-refractivity contribution in [3.63, 3.8) is 0 Å². The molecule has 1 unspecified atom stereocenters. The van der Waals surface area contributed by atoms with Gasteiger partial charge in [-0.2, -0.15) is 0 Å². The van der Waals surface area contributed by atoms with E-state index in [9.17, 15) is 26.3 Å². The summed E-state index contributed by atoms with van der Waals surface area (Å²) in [5.41, 5.74) is 0.501. The third kappa shape index (κ3) is 4.07. The number of benzene rings is 3. The normalized spacial score (nSPS) is 16.1. The Morgan fingerprint density at radius 3 is 1.94 bits per heavy atom. The molecule has 0 fully saturated rings. The van der Waals surface area contributed by atoms with Gasteiger partial charge in [0, 0.05) is 16.7 Å². The van der Waals surface area contributed by atoms with Crippen LogP contribution in [0.2, 0.25) is 0 Å². The second-order valence-corrected chi connectivity index (χ2v) is 8.34. The van der Waals surface area contributed by atoms with E-state index in [1.54, 1.807) is 19.1 Å². The van der Waals surface area contributed by atoms with Crippen LogP contribution in [-0.2, 0) is 6.42 Å². The van der Waals surface area contributed by atoms with Crippen LogP contribution in [0.4, 0.5) is 26.3 Å². The molecule has 6 heteroatoms. The van der Waals surface area contributed by atoms with E-state index in [4.69, 9.17) is 0 Å². The summed E-state index contributed by atoms with van der Waals surface area (Å²) in [6, 6.07) is 8.26. The fourth-order valence-electron chi connectivity index (χ4n) is 4.41. The molecule has 1 atom stereocenters. The Balaban J connectivity index is 1.64. The highest BCUT2D eigenvalue weighted by Gasteiger charge is 2.26. The molecule has 0 aliphatic heterocycles. The van der Waals surface area contributed by atoms with Gasteiger partial charge >= 0.3 is 0 Å². The number of hydrogen-bond acceptors (Lipinski definition) is 0. The lowest BCUT2D eigenvalue weighted by atomic mass is 9.82. The molecule has 0 spiro atoms. The molecule has 0 bridgehead atoms. The molecule has 1 aliphatic carbocycles. The summed E-state index contributed by atoms with van der Waals surface area (Å²) in [4.78, 5) is 0. The standard InChI is InChI=1S/C27H22F6/c1-3-15-9-11-20(26(32)23(15)29)21-13-12-19(25(31)27(21)33)17-7-5-16(6-8-17)18-10-4-14(2)22(28)24(18)30/h4,7,9-13,16H,3,5-6,8H2,1-2H3. The maximum atomic E-state index is 14.9. The van der Waals surface area contributed by atoms with Crippen LogP contribution >= 0.6 is 0 Å². The lowest BCUT2D eigenvalue weighted by molar-refractivity contribution is 0.475. The topological polar surface area (TPSA) is 0 Å². The van der Waals surface area contributed by atoms with Crippen molar-refractivity contribution in [3.05, 3.63) is 99.6 Å². The minimum Gasteiger partial charge on any atom is -0.203 e. The van der Waals surface area contributed by atoms with E-state index in [2.05, 4.69) is 0 Å². The fourth-order valence-corrected chi connectivity index (χ4v) is 4.41. The molecule has 0 N–H and O–H groups in total. The molecule has 33 heavy (non-hydrogen) atoms. The number of hydrogen-bond donors (Lipinski definition) is 0. The van der Waals surface area contributed by atoms with Crippen molar-refractivity contribution < 1.29 is 26.3 Å². The van der Waals surface area contributed by atoms with Gasteiger partial charge in [-0.25, -0.2) is 26.3 Å². The first kappa shape index (κ1) is 23.1. The third-order valence-corrected chi connectivity index (χ3v) is 6.42. The monoisotopic (exact) mass is 460 g/mol. The number of halogens is 6. The van der Waals surface area contributed by atoms with Gasteiger partial charge in [0.2, 0.25) is 0 Å². The van der Waals surface area contributed by atoms with E-state index in [-0.39, 0.29) is 45.7 Å². The summed E-state index contributed by atoms with van der Waals surface area (Å²) in [6.07, 6.45) is 3.08. The van der Waals surface area contributed by atoms with Crippen molar-refractivity contribution in [2.24, 2.45) is 0 Å². The van der Waals surface area contributed by atoms with Crippen LogP contribution in [0, 0.1) is 41.8 Å². The van der Waals surface area contributed by atoms with Crippen LogP contribution in [0.5, 0.6) is 0 Å². The zero-order valence-electron chi connectivity index (χ0n) is 18.2. The molecule has 3 aromatic rings. The minimum atomic E-state index is -1.26. The van der Waals surface area contributed by atoms with Gasteiger partial charge in [-0.3, -0.25) is 0 Å². The first-order valence-electron chi connectivity index (χ1n) is 10.8. The van der Waals surface area contributed by atoms with Gasteiger partial charge in [-0.15, -0.1) is 0 Å². The van der Waals surface area contributed by atoms with Crippen molar-refractivity contribution in [1.82, 2.24) is 0 Å². The molecular formula is C27H22F6. The Morgan fingerprint density at radius 1 is 0.697 bits per heavy atom. The van der Waals surface area contributed by atoms with Gasteiger partial charge in [0.15, 0.2) is 34.9 Å². The van der Waals surface area contributed by atoms with Crippen LogP contribution in [0.1, 0.15) is 54.4 Å². The van der Waals surface area contributed by atoms with E-state index in [1.165, 1.54) is 37.3 Å². The zero-order valence-corrected chi connectivity index (χ0v) is 18.2.